The van der Waals surface area contributed by atoms with E-state index < -0.39 is 5.82 Å². The molecule has 0 atom stereocenters. The second kappa shape index (κ2) is 9.71. The van der Waals surface area contributed by atoms with Gasteiger partial charge in [0.1, 0.15) is 5.82 Å². The van der Waals surface area contributed by atoms with Crippen LogP contribution in [0.2, 0.25) is 0 Å². The van der Waals surface area contributed by atoms with E-state index in [2.05, 4.69) is 60.6 Å². The van der Waals surface area contributed by atoms with Crippen LogP contribution in [0.15, 0.2) is 53.0 Å². The number of nitrogens with zero attached hydrogens (tertiary/aromatic N) is 2. The third-order valence-corrected chi connectivity index (χ3v) is 5.10. The highest BCUT2D eigenvalue weighted by Crippen LogP contribution is 2.19. The zero-order valence-electron chi connectivity index (χ0n) is 15.1. The van der Waals surface area contributed by atoms with E-state index in [0.717, 1.165) is 39.1 Å². The Morgan fingerprint density at radius 1 is 1.07 bits per heavy atom. The number of amides is 2. The van der Waals surface area contributed by atoms with Crippen LogP contribution in [-0.4, -0.2) is 50.2 Å². The van der Waals surface area contributed by atoms with E-state index in [1.54, 1.807) is 6.07 Å². The quantitative estimate of drug-likeness (QED) is 0.677. The molecule has 1 aliphatic heterocycles. The Bertz CT molecular complexity index is 751. The Labute approximate surface area is 167 Å². The van der Waals surface area contributed by atoms with Gasteiger partial charge in [0, 0.05) is 42.9 Å². The van der Waals surface area contributed by atoms with Crippen molar-refractivity contribution < 1.29 is 9.18 Å². The fourth-order valence-electron chi connectivity index (χ4n) is 3.13. The van der Waals surface area contributed by atoms with Crippen molar-refractivity contribution in [3.05, 3.63) is 58.8 Å². The van der Waals surface area contributed by atoms with Crippen LogP contribution in [-0.2, 0) is 0 Å². The van der Waals surface area contributed by atoms with Crippen LogP contribution < -0.4 is 15.5 Å². The SMILES string of the molecule is O=C(NCCCN1CCN(c2ccccc2)CC1)Nc1ccc(Br)cc1F. The van der Waals surface area contributed by atoms with Crippen molar-refractivity contribution in [3.63, 3.8) is 0 Å². The number of carbonyl (C=O) groups excluding carboxylic acids is 1. The van der Waals surface area contributed by atoms with Crippen molar-refractivity contribution in [1.82, 2.24) is 10.2 Å². The van der Waals surface area contributed by atoms with Crippen molar-refractivity contribution in [3.8, 4) is 0 Å². The van der Waals surface area contributed by atoms with Crippen LogP contribution in [0.1, 0.15) is 6.42 Å². The first-order valence-corrected chi connectivity index (χ1v) is 9.93. The molecule has 1 saturated heterocycles. The molecule has 3 rings (SSSR count). The highest BCUT2D eigenvalue weighted by molar-refractivity contribution is 9.10. The highest BCUT2D eigenvalue weighted by Gasteiger charge is 2.16. The Kier molecular flexibility index (Phi) is 7.06. The van der Waals surface area contributed by atoms with Gasteiger partial charge in [-0.1, -0.05) is 34.1 Å². The molecule has 0 bridgehead atoms. The standard InChI is InChI=1S/C20H24BrFN4O/c21-16-7-8-19(18(22)15-16)24-20(27)23-9-4-10-25-11-13-26(14-12-25)17-5-2-1-3-6-17/h1-3,5-8,15H,4,9-14H2,(H2,23,24,27). The lowest BCUT2D eigenvalue weighted by molar-refractivity contribution is 0.244. The van der Waals surface area contributed by atoms with E-state index in [1.165, 1.54) is 17.8 Å². The molecule has 2 aromatic carbocycles. The van der Waals surface area contributed by atoms with Gasteiger partial charge in [0.05, 0.1) is 5.69 Å². The average molecular weight is 435 g/mol. The predicted octanol–water partition coefficient (Wildman–Crippen LogP) is 3.92. The maximum atomic E-state index is 13.7. The molecule has 2 amide bonds. The molecule has 5 nitrogen and oxygen atoms in total. The summed E-state index contributed by atoms with van der Waals surface area (Å²) in [6, 6.07) is 14.6. The molecule has 1 fully saturated rings. The predicted molar refractivity (Wildman–Crippen MR) is 111 cm³/mol. The van der Waals surface area contributed by atoms with Crippen LogP contribution in [0.25, 0.3) is 0 Å². The second-order valence-electron chi connectivity index (χ2n) is 6.52. The lowest BCUT2D eigenvalue weighted by atomic mass is 10.2. The number of rotatable bonds is 6. The molecular weight excluding hydrogens is 411 g/mol. The Morgan fingerprint density at radius 2 is 1.81 bits per heavy atom. The molecule has 0 aromatic heterocycles. The lowest BCUT2D eigenvalue weighted by Crippen LogP contribution is -2.47. The van der Waals surface area contributed by atoms with Crippen LogP contribution in [0.3, 0.4) is 0 Å². The number of anilines is 2. The number of para-hydroxylation sites is 1. The number of piperazine rings is 1. The van der Waals surface area contributed by atoms with E-state index in [-0.39, 0.29) is 11.7 Å². The van der Waals surface area contributed by atoms with Crippen molar-refractivity contribution in [1.29, 1.82) is 0 Å². The van der Waals surface area contributed by atoms with Crippen molar-refractivity contribution >= 4 is 33.3 Å². The fourth-order valence-corrected chi connectivity index (χ4v) is 3.46. The fraction of sp³-hybridized carbons (Fsp3) is 0.350. The molecule has 1 heterocycles. The molecule has 0 unspecified atom stereocenters. The number of urea groups is 1. The van der Waals surface area contributed by atoms with E-state index in [4.69, 9.17) is 0 Å². The first-order chi connectivity index (χ1) is 13.1. The highest BCUT2D eigenvalue weighted by atomic mass is 79.9. The normalized spacial score (nSPS) is 14.8. The average Bonchev–Trinajstić information content (AvgIpc) is 2.69. The van der Waals surface area contributed by atoms with Crippen molar-refractivity contribution in [2.24, 2.45) is 0 Å². The molecule has 1 aliphatic rings. The summed E-state index contributed by atoms with van der Waals surface area (Å²) in [5.41, 5.74) is 1.45. The summed E-state index contributed by atoms with van der Waals surface area (Å²) in [5, 5.41) is 5.32. The first-order valence-electron chi connectivity index (χ1n) is 9.14. The van der Waals surface area contributed by atoms with Gasteiger partial charge >= 0.3 is 6.03 Å². The number of halogens is 2. The monoisotopic (exact) mass is 434 g/mol. The van der Waals surface area contributed by atoms with Crippen molar-refractivity contribution in [2.45, 2.75) is 6.42 Å². The lowest BCUT2D eigenvalue weighted by Gasteiger charge is -2.36. The molecule has 0 radical (unpaired) electrons. The number of hydrogen-bond acceptors (Lipinski definition) is 3. The van der Waals surface area contributed by atoms with E-state index in [0.29, 0.717) is 11.0 Å². The molecule has 0 aliphatic carbocycles. The topological polar surface area (TPSA) is 47.6 Å². The minimum Gasteiger partial charge on any atom is -0.369 e. The summed E-state index contributed by atoms with van der Waals surface area (Å²) in [4.78, 5) is 16.7. The molecule has 7 heteroatoms. The van der Waals surface area contributed by atoms with Gasteiger partial charge in [0.15, 0.2) is 0 Å². The van der Waals surface area contributed by atoms with Crippen LogP contribution in [0, 0.1) is 5.82 Å². The molecule has 27 heavy (non-hydrogen) atoms. The van der Waals surface area contributed by atoms with Gasteiger partial charge < -0.3 is 15.5 Å². The molecule has 0 saturated carbocycles. The minimum absolute atomic E-state index is 0.174. The largest absolute Gasteiger partial charge is 0.369 e. The van der Waals surface area contributed by atoms with E-state index in [1.807, 2.05) is 6.07 Å². The molecule has 0 spiro atoms. The maximum absolute atomic E-state index is 13.7. The maximum Gasteiger partial charge on any atom is 0.319 e. The third-order valence-electron chi connectivity index (χ3n) is 4.61. The molecule has 2 aromatic rings. The number of hydrogen-bond donors (Lipinski definition) is 2. The smallest absolute Gasteiger partial charge is 0.319 e. The van der Waals surface area contributed by atoms with Crippen LogP contribution in [0.5, 0.6) is 0 Å². The Morgan fingerprint density at radius 3 is 2.52 bits per heavy atom. The van der Waals surface area contributed by atoms with E-state index in [9.17, 15) is 9.18 Å². The summed E-state index contributed by atoms with van der Waals surface area (Å²) in [6.07, 6.45) is 0.863. The van der Waals surface area contributed by atoms with Gasteiger partial charge in [-0.15, -0.1) is 0 Å². The third kappa shape index (κ3) is 5.94. The Hall–Kier alpha value is -2.12. The Balaban J connectivity index is 1.32. The summed E-state index contributed by atoms with van der Waals surface area (Å²) in [5.74, 6) is -0.462. The molecular formula is C20H24BrFN4O. The van der Waals surface area contributed by atoms with Gasteiger partial charge in [-0.3, -0.25) is 4.90 Å². The van der Waals surface area contributed by atoms with Gasteiger partial charge in [-0.05, 0) is 43.3 Å². The van der Waals surface area contributed by atoms with Crippen LogP contribution >= 0.6 is 15.9 Å². The van der Waals surface area contributed by atoms with Gasteiger partial charge in [0.2, 0.25) is 0 Å². The van der Waals surface area contributed by atoms with Gasteiger partial charge in [-0.2, -0.15) is 0 Å². The van der Waals surface area contributed by atoms with E-state index >= 15 is 0 Å². The first kappa shape index (κ1) is 19.6. The van der Waals surface area contributed by atoms with Gasteiger partial charge in [0.25, 0.3) is 0 Å². The van der Waals surface area contributed by atoms with Crippen molar-refractivity contribution in [2.75, 3.05) is 49.5 Å². The summed E-state index contributed by atoms with van der Waals surface area (Å²) < 4.78 is 14.4. The minimum atomic E-state index is -0.462. The zero-order chi connectivity index (χ0) is 19.1. The number of benzene rings is 2. The summed E-state index contributed by atoms with van der Waals surface area (Å²) >= 11 is 3.19. The number of carbonyl (C=O) groups is 1. The second-order valence-corrected chi connectivity index (χ2v) is 7.44. The zero-order valence-corrected chi connectivity index (χ0v) is 16.7. The summed E-state index contributed by atoms with van der Waals surface area (Å²) in [7, 11) is 0. The van der Waals surface area contributed by atoms with Gasteiger partial charge in [-0.25, -0.2) is 9.18 Å². The molecule has 2 N–H and O–H groups in total. The summed E-state index contributed by atoms with van der Waals surface area (Å²) in [6.45, 7) is 5.57. The van der Waals surface area contributed by atoms with Crippen LogP contribution in [0.4, 0.5) is 20.6 Å². The molecule has 144 valence electrons. The number of nitrogens with one attached hydrogen (secondary N) is 2.